The minimum Gasteiger partial charge on any atom is -0.494 e. The molecule has 0 aliphatic carbocycles. The molecule has 0 radical (unpaired) electrons. The van der Waals surface area contributed by atoms with Crippen LogP contribution in [0.15, 0.2) is 36.9 Å². The molecule has 1 N–H and O–H groups in total. The number of nitrogens with one attached hydrogen (secondary N) is 1. The number of fused-ring (bicyclic) bond motifs is 3. The average Bonchev–Trinajstić information content (AvgIpc) is 3.41. The van der Waals surface area contributed by atoms with Crippen LogP contribution in [0.1, 0.15) is 12.1 Å². The summed E-state index contributed by atoms with van der Waals surface area (Å²) in [6.45, 7) is 5.93. The number of carbonyl (C=O) groups excluding carboxylic acids is 1. The maximum Gasteiger partial charge on any atom is 0.282 e. The summed E-state index contributed by atoms with van der Waals surface area (Å²) in [6.07, 6.45) is 4.71. The van der Waals surface area contributed by atoms with Crippen LogP contribution in [0.5, 0.6) is 11.5 Å². The molecule has 0 unspecified atom stereocenters. The summed E-state index contributed by atoms with van der Waals surface area (Å²) in [5.74, 6) is -3.31. The number of rotatable bonds is 9. The van der Waals surface area contributed by atoms with Crippen LogP contribution < -0.4 is 14.8 Å². The molecule has 1 saturated heterocycles. The normalized spacial score (nSPS) is 14.0. The van der Waals surface area contributed by atoms with Crippen LogP contribution in [0.3, 0.4) is 0 Å². The molecule has 216 valence electrons. The smallest absolute Gasteiger partial charge is 0.282 e. The first-order valence-electron chi connectivity index (χ1n) is 13.1. The number of ether oxygens (including phenoxy) is 2. The second-order valence-electron chi connectivity index (χ2n) is 9.63. The Morgan fingerprint density at radius 2 is 1.73 bits per heavy atom. The molecule has 5 rings (SSSR count). The molecule has 1 amide bonds. The summed E-state index contributed by atoms with van der Waals surface area (Å²) < 4.78 is 56.3. The van der Waals surface area contributed by atoms with Crippen molar-refractivity contribution in [1.29, 1.82) is 0 Å². The summed E-state index contributed by atoms with van der Waals surface area (Å²) in [7, 11) is 4.29. The highest BCUT2D eigenvalue weighted by atomic mass is 19.1. The number of benzene rings is 1. The minimum absolute atomic E-state index is 0.164. The largest absolute Gasteiger partial charge is 0.494 e. The van der Waals surface area contributed by atoms with Crippen molar-refractivity contribution in [1.82, 2.24) is 29.2 Å². The predicted molar refractivity (Wildman–Crippen MR) is 148 cm³/mol. The van der Waals surface area contributed by atoms with Crippen molar-refractivity contribution in [2.45, 2.75) is 12.8 Å². The van der Waals surface area contributed by atoms with E-state index in [4.69, 9.17) is 14.5 Å². The first-order chi connectivity index (χ1) is 19.7. The highest BCUT2D eigenvalue weighted by molar-refractivity contribution is 5.91. The van der Waals surface area contributed by atoms with Gasteiger partial charge in [0.05, 0.1) is 25.5 Å². The molecule has 1 fully saturated rings. The van der Waals surface area contributed by atoms with Crippen molar-refractivity contribution in [3.63, 3.8) is 0 Å². The van der Waals surface area contributed by atoms with Gasteiger partial charge in [-0.3, -0.25) is 14.1 Å². The van der Waals surface area contributed by atoms with Gasteiger partial charge in [-0.05, 0) is 25.5 Å². The lowest BCUT2D eigenvalue weighted by Gasteiger charge is -2.34. The molecule has 0 atom stereocenters. The Bertz CT molecular complexity index is 1610. The quantitative estimate of drug-likeness (QED) is 0.304. The molecule has 10 nitrogen and oxygen atoms in total. The van der Waals surface area contributed by atoms with Crippen LogP contribution in [-0.2, 0) is 11.2 Å². The van der Waals surface area contributed by atoms with Gasteiger partial charge >= 0.3 is 0 Å². The molecule has 1 aromatic carbocycles. The van der Waals surface area contributed by atoms with Crippen molar-refractivity contribution in [2.24, 2.45) is 0 Å². The highest BCUT2D eigenvalue weighted by Gasteiger charge is 2.26. The monoisotopic (exact) mass is 569 g/mol. The average molecular weight is 570 g/mol. The first kappa shape index (κ1) is 28.1. The van der Waals surface area contributed by atoms with Gasteiger partial charge in [0.1, 0.15) is 5.65 Å². The number of anilines is 1. The van der Waals surface area contributed by atoms with Gasteiger partial charge in [-0.15, -0.1) is 0 Å². The Hall–Kier alpha value is -4.39. The number of aryl methyl sites for hydroxylation is 1. The Labute approximate surface area is 234 Å². The summed E-state index contributed by atoms with van der Waals surface area (Å²) in [5, 5.41) is 3.46. The Morgan fingerprint density at radius 3 is 2.34 bits per heavy atom. The number of piperazine rings is 1. The van der Waals surface area contributed by atoms with Crippen molar-refractivity contribution in [2.75, 3.05) is 59.3 Å². The van der Waals surface area contributed by atoms with Crippen molar-refractivity contribution in [3.8, 4) is 22.6 Å². The van der Waals surface area contributed by atoms with Crippen LogP contribution in [0, 0.1) is 11.6 Å². The van der Waals surface area contributed by atoms with Gasteiger partial charge in [0.15, 0.2) is 34.6 Å². The van der Waals surface area contributed by atoms with Crippen LogP contribution in [0.25, 0.3) is 27.8 Å². The molecule has 1 aliphatic rings. The van der Waals surface area contributed by atoms with E-state index in [2.05, 4.69) is 26.8 Å². The third-order valence-corrected chi connectivity index (χ3v) is 7.19. The molecule has 1 aliphatic heterocycles. The summed E-state index contributed by atoms with van der Waals surface area (Å²) in [6, 6.07) is 2.77. The zero-order valence-electron chi connectivity index (χ0n) is 23.0. The Balaban J connectivity index is 1.48. The first-order valence-corrected chi connectivity index (χ1v) is 13.1. The Morgan fingerprint density at radius 1 is 1.05 bits per heavy atom. The van der Waals surface area contributed by atoms with Crippen molar-refractivity contribution < 1.29 is 27.4 Å². The third-order valence-electron chi connectivity index (χ3n) is 7.19. The number of aromatic nitrogens is 4. The number of carbonyl (C=O) groups is 1. The Kier molecular flexibility index (Phi) is 7.97. The molecule has 13 heteroatoms. The summed E-state index contributed by atoms with van der Waals surface area (Å²) in [4.78, 5) is 29.1. The van der Waals surface area contributed by atoms with Crippen LogP contribution in [0.2, 0.25) is 0 Å². The van der Waals surface area contributed by atoms with Crippen LogP contribution in [-0.4, -0.2) is 89.1 Å². The maximum absolute atomic E-state index is 15.6. The number of hydrogen-bond donors (Lipinski definition) is 1. The number of pyridine rings is 1. The number of imidazole rings is 1. The van der Waals surface area contributed by atoms with E-state index >= 15 is 8.78 Å². The van der Waals surface area contributed by atoms with Gasteiger partial charge in [0.25, 0.3) is 5.91 Å². The van der Waals surface area contributed by atoms with Gasteiger partial charge in [-0.25, -0.2) is 23.1 Å². The molecule has 0 bridgehead atoms. The third kappa shape index (κ3) is 5.36. The van der Waals surface area contributed by atoms with E-state index in [0.717, 1.165) is 19.0 Å². The highest BCUT2D eigenvalue weighted by Crippen LogP contribution is 2.40. The second-order valence-corrected chi connectivity index (χ2v) is 9.63. The SMILES string of the molecule is C=C(F)C(=O)N1CCN(CCCc2cn3c(n2)c(-c2c(F)c(OC)cc(OC)c2F)cc2cnc(NC)nc23)CC1. The zero-order chi connectivity index (χ0) is 29.3. The molecule has 0 spiro atoms. The van der Waals surface area contributed by atoms with Crippen molar-refractivity contribution in [3.05, 3.63) is 54.3 Å². The number of nitrogens with zero attached hydrogens (tertiary/aromatic N) is 6. The van der Waals surface area contributed by atoms with Gasteiger partial charge in [-0.1, -0.05) is 6.58 Å². The topological polar surface area (TPSA) is 97.1 Å². The van der Waals surface area contributed by atoms with E-state index < -0.39 is 23.4 Å². The van der Waals surface area contributed by atoms with Gasteiger partial charge in [0, 0.05) is 62.6 Å². The number of amides is 1. The molecule has 0 saturated carbocycles. The van der Waals surface area contributed by atoms with E-state index in [1.54, 1.807) is 23.7 Å². The minimum atomic E-state index is -0.948. The van der Waals surface area contributed by atoms with E-state index in [1.807, 2.05) is 6.20 Å². The number of hydrogen-bond acceptors (Lipinski definition) is 8. The van der Waals surface area contributed by atoms with Gasteiger partial charge < -0.3 is 19.7 Å². The molecular weight excluding hydrogens is 539 g/mol. The lowest BCUT2D eigenvalue weighted by molar-refractivity contribution is -0.130. The standard InChI is InChI=1S/C28H30F3N7O3/c1-16(29)27(39)37-10-8-36(9-11-37)7-5-6-18-15-38-25-17(14-33-28(32-2)35-25)12-19(26(38)34-18)22-23(30)20(40-3)13-21(41-4)24(22)31/h12-15H,1,5-11H2,2-4H3,(H,32,33,35). The van der Waals surface area contributed by atoms with Crippen molar-refractivity contribution >= 4 is 28.5 Å². The molecule has 4 heterocycles. The van der Waals surface area contributed by atoms with Gasteiger partial charge in [-0.2, -0.15) is 4.98 Å². The van der Waals surface area contributed by atoms with E-state index in [1.165, 1.54) is 19.1 Å². The molecular formula is C28H30F3N7O3. The second kappa shape index (κ2) is 11.6. The predicted octanol–water partition coefficient (Wildman–Crippen LogP) is 3.84. The zero-order valence-corrected chi connectivity index (χ0v) is 23.0. The lowest BCUT2D eigenvalue weighted by atomic mass is 10.0. The fourth-order valence-electron chi connectivity index (χ4n) is 5.05. The molecule has 41 heavy (non-hydrogen) atoms. The van der Waals surface area contributed by atoms with Gasteiger partial charge in [0.2, 0.25) is 5.95 Å². The molecule has 4 aromatic rings. The van der Waals surface area contributed by atoms with E-state index in [9.17, 15) is 9.18 Å². The summed E-state index contributed by atoms with van der Waals surface area (Å²) >= 11 is 0. The lowest BCUT2D eigenvalue weighted by Crippen LogP contribution is -2.48. The number of halogens is 3. The fourth-order valence-corrected chi connectivity index (χ4v) is 5.05. The maximum atomic E-state index is 15.6. The van der Waals surface area contributed by atoms with E-state index in [-0.39, 0.29) is 22.6 Å². The van der Waals surface area contributed by atoms with Crippen LogP contribution >= 0.6 is 0 Å². The number of methoxy groups -OCH3 is 2. The molecule has 3 aromatic heterocycles. The van der Waals surface area contributed by atoms with E-state index in [0.29, 0.717) is 60.9 Å². The summed E-state index contributed by atoms with van der Waals surface area (Å²) in [5.41, 5.74) is 1.42. The van der Waals surface area contributed by atoms with Crippen LogP contribution in [0.4, 0.5) is 19.1 Å². The fraction of sp³-hybridized carbons (Fsp3) is 0.357.